The molecule has 0 amide bonds. The van der Waals surface area contributed by atoms with Crippen molar-refractivity contribution >= 4 is 0 Å². The molecule has 1 aliphatic heterocycles. The van der Waals surface area contributed by atoms with Crippen molar-refractivity contribution in [1.29, 1.82) is 0 Å². The quantitative estimate of drug-likeness (QED) is 0.472. The Morgan fingerprint density at radius 2 is 2.57 bits per heavy atom. The van der Waals surface area contributed by atoms with Gasteiger partial charge in [-0.1, -0.05) is 6.58 Å². The summed E-state index contributed by atoms with van der Waals surface area (Å²) >= 11 is 0. The van der Waals surface area contributed by atoms with Gasteiger partial charge in [0.25, 0.3) is 0 Å². The summed E-state index contributed by atoms with van der Waals surface area (Å²) in [5.41, 5.74) is 2.56. The lowest BCUT2D eigenvalue weighted by Gasteiger charge is -2.00. The lowest BCUT2D eigenvalue weighted by Crippen LogP contribution is -2.10. The molecule has 4 heteroatoms. The van der Waals surface area contributed by atoms with Gasteiger partial charge in [0.2, 0.25) is 0 Å². The minimum atomic E-state index is 0.708. The second-order valence-electron chi connectivity index (χ2n) is 1.27. The van der Waals surface area contributed by atoms with E-state index in [9.17, 15) is 0 Å². The summed E-state index contributed by atoms with van der Waals surface area (Å²) in [5.74, 6) is 0.708. The van der Waals surface area contributed by atoms with Gasteiger partial charge in [-0.3, -0.25) is 0 Å². The Morgan fingerprint density at radius 1 is 1.86 bits per heavy atom. The number of rotatable bonds is 0. The predicted octanol–water partition coefficient (Wildman–Crippen LogP) is 0.275. The standard InChI is InChI=1S/C3H6N4/c1-3-4-5-6-7(3)2/h1H2,2H3,(H,4,6). The largest absolute Gasteiger partial charge is 0.242 e. The Bertz CT molecular complexity index is 116. The topological polar surface area (TPSA) is 40.0 Å². The molecule has 1 heterocycles. The Morgan fingerprint density at radius 3 is 2.71 bits per heavy atom. The molecule has 0 aromatic heterocycles. The smallest absolute Gasteiger partial charge is 0.138 e. The molecule has 0 aromatic rings. The van der Waals surface area contributed by atoms with Gasteiger partial charge in [0.1, 0.15) is 5.82 Å². The van der Waals surface area contributed by atoms with E-state index in [-0.39, 0.29) is 0 Å². The van der Waals surface area contributed by atoms with E-state index in [4.69, 9.17) is 0 Å². The molecular formula is C3H6N4. The third-order valence-electron chi connectivity index (χ3n) is 0.749. The molecule has 0 saturated carbocycles. The van der Waals surface area contributed by atoms with Crippen LogP contribution in [0.25, 0.3) is 0 Å². The molecule has 0 bridgehead atoms. The zero-order valence-electron chi connectivity index (χ0n) is 4.05. The van der Waals surface area contributed by atoms with Crippen molar-refractivity contribution in [3.8, 4) is 0 Å². The molecule has 1 N–H and O–H groups in total. The SMILES string of the molecule is C=C1NN=NN1C. The van der Waals surface area contributed by atoms with Gasteiger partial charge in [0.05, 0.1) is 0 Å². The molecule has 0 saturated heterocycles. The summed E-state index contributed by atoms with van der Waals surface area (Å²) in [6.45, 7) is 3.56. The summed E-state index contributed by atoms with van der Waals surface area (Å²) in [6, 6.07) is 0. The first-order valence-electron chi connectivity index (χ1n) is 1.90. The van der Waals surface area contributed by atoms with E-state index in [1.165, 1.54) is 0 Å². The molecule has 0 fully saturated rings. The van der Waals surface area contributed by atoms with Gasteiger partial charge < -0.3 is 0 Å². The summed E-state index contributed by atoms with van der Waals surface area (Å²) in [4.78, 5) is 0. The van der Waals surface area contributed by atoms with Crippen molar-refractivity contribution in [3.63, 3.8) is 0 Å². The third kappa shape index (κ3) is 0.534. The molecule has 0 atom stereocenters. The first-order chi connectivity index (χ1) is 3.30. The predicted molar refractivity (Wildman–Crippen MR) is 24.9 cm³/mol. The van der Waals surface area contributed by atoms with Crippen molar-refractivity contribution in [2.24, 2.45) is 10.4 Å². The average Bonchev–Trinajstić information content (AvgIpc) is 1.91. The van der Waals surface area contributed by atoms with E-state index < -0.39 is 0 Å². The van der Waals surface area contributed by atoms with E-state index in [2.05, 4.69) is 22.5 Å². The highest BCUT2D eigenvalue weighted by molar-refractivity contribution is 4.87. The molecule has 7 heavy (non-hydrogen) atoms. The maximum Gasteiger partial charge on any atom is 0.138 e. The van der Waals surface area contributed by atoms with Crippen LogP contribution >= 0.6 is 0 Å². The average molecular weight is 98.1 g/mol. The molecule has 0 radical (unpaired) electrons. The van der Waals surface area contributed by atoms with Gasteiger partial charge in [0, 0.05) is 7.05 Å². The summed E-state index contributed by atoms with van der Waals surface area (Å²) < 4.78 is 0. The van der Waals surface area contributed by atoms with E-state index >= 15 is 0 Å². The minimum Gasteiger partial charge on any atom is -0.242 e. The van der Waals surface area contributed by atoms with Gasteiger partial charge in [-0.15, -0.1) is 0 Å². The molecule has 0 unspecified atom stereocenters. The van der Waals surface area contributed by atoms with Crippen LogP contribution in [-0.2, 0) is 0 Å². The van der Waals surface area contributed by atoms with E-state index in [1.54, 1.807) is 12.1 Å². The van der Waals surface area contributed by atoms with Crippen LogP contribution < -0.4 is 5.43 Å². The minimum absolute atomic E-state index is 0.708. The third-order valence-corrected chi connectivity index (χ3v) is 0.749. The molecule has 1 rings (SSSR count). The maximum atomic E-state index is 3.56. The fourth-order valence-corrected chi connectivity index (χ4v) is 0.274. The van der Waals surface area contributed by atoms with Crippen LogP contribution in [0.15, 0.2) is 22.8 Å². The highest BCUT2D eigenvalue weighted by Gasteiger charge is 2.02. The van der Waals surface area contributed by atoms with Gasteiger partial charge in [0.15, 0.2) is 0 Å². The van der Waals surface area contributed by atoms with E-state index in [0.717, 1.165) is 0 Å². The van der Waals surface area contributed by atoms with Gasteiger partial charge in [-0.2, -0.15) is 0 Å². The highest BCUT2D eigenvalue weighted by atomic mass is 15.7. The van der Waals surface area contributed by atoms with Crippen LogP contribution in [0, 0.1) is 0 Å². The molecule has 38 valence electrons. The maximum absolute atomic E-state index is 3.56. The zero-order chi connectivity index (χ0) is 5.28. The zero-order valence-corrected chi connectivity index (χ0v) is 4.05. The van der Waals surface area contributed by atoms with Crippen LogP contribution in [0.4, 0.5) is 0 Å². The van der Waals surface area contributed by atoms with Gasteiger partial charge in [-0.25, -0.2) is 10.4 Å². The molecule has 1 aliphatic rings. The van der Waals surface area contributed by atoms with Crippen molar-refractivity contribution in [1.82, 2.24) is 10.4 Å². The van der Waals surface area contributed by atoms with E-state index in [1.807, 2.05) is 0 Å². The Hall–Kier alpha value is -1.06. The van der Waals surface area contributed by atoms with Crippen molar-refractivity contribution < 1.29 is 0 Å². The Labute approximate surface area is 41.5 Å². The molecule has 0 aliphatic carbocycles. The van der Waals surface area contributed by atoms with Crippen LogP contribution in [0.1, 0.15) is 0 Å². The number of nitrogens with zero attached hydrogens (tertiary/aromatic N) is 3. The molecule has 0 spiro atoms. The van der Waals surface area contributed by atoms with Gasteiger partial charge in [-0.05, 0) is 10.4 Å². The monoisotopic (exact) mass is 98.1 g/mol. The van der Waals surface area contributed by atoms with Crippen molar-refractivity contribution in [3.05, 3.63) is 12.4 Å². The summed E-state index contributed by atoms with van der Waals surface area (Å²) in [5, 5.41) is 8.57. The first kappa shape index (κ1) is 4.11. The second-order valence-corrected chi connectivity index (χ2v) is 1.27. The normalized spacial score (nSPS) is 17.9. The fourth-order valence-electron chi connectivity index (χ4n) is 0.274. The van der Waals surface area contributed by atoms with E-state index in [0.29, 0.717) is 5.82 Å². The van der Waals surface area contributed by atoms with Crippen LogP contribution in [-0.4, -0.2) is 12.1 Å². The second kappa shape index (κ2) is 1.22. The summed E-state index contributed by atoms with van der Waals surface area (Å²) in [7, 11) is 1.77. The number of nitrogens with one attached hydrogen (secondary N) is 1. The molecule has 0 aromatic carbocycles. The van der Waals surface area contributed by atoms with Crippen LogP contribution in [0.2, 0.25) is 0 Å². The van der Waals surface area contributed by atoms with Crippen LogP contribution in [0.3, 0.4) is 0 Å². The fraction of sp³-hybridized carbons (Fsp3) is 0.333. The molecule has 4 nitrogen and oxygen atoms in total. The molecular weight excluding hydrogens is 92.1 g/mol. The number of hydrogen-bond donors (Lipinski definition) is 1. The Balaban J connectivity index is 2.62. The summed E-state index contributed by atoms with van der Waals surface area (Å²) in [6.07, 6.45) is 0. The van der Waals surface area contributed by atoms with Crippen LogP contribution in [0.5, 0.6) is 0 Å². The van der Waals surface area contributed by atoms with Crippen molar-refractivity contribution in [2.45, 2.75) is 0 Å². The first-order valence-corrected chi connectivity index (χ1v) is 1.90. The van der Waals surface area contributed by atoms with Crippen molar-refractivity contribution in [2.75, 3.05) is 7.05 Å². The Kier molecular flexibility index (Phi) is 0.714. The highest BCUT2D eigenvalue weighted by Crippen LogP contribution is 2.00. The lowest BCUT2D eigenvalue weighted by molar-refractivity contribution is 0.455. The van der Waals surface area contributed by atoms with Gasteiger partial charge >= 0.3 is 0 Å². The lowest BCUT2D eigenvalue weighted by atomic mass is 10.8. The number of hydrogen-bond acceptors (Lipinski definition) is 4.